The van der Waals surface area contributed by atoms with Crippen molar-refractivity contribution in [2.45, 2.75) is 13.8 Å². The van der Waals surface area contributed by atoms with Gasteiger partial charge in [-0.1, -0.05) is 11.6 Å². The molecular weight excluding hydrogens is 206 g/mol. The molecule has 0 atom stereocenters. The number of nitro groups is 1. The first-order valence-corrected chi connectivity index (χ1v) is 4.12. The molecule has 0 aliphatic heterocycles. The van der Waals surface area contributed by atoms with Gasteiger partial charge in [0.15, 0.2) is 0 Å². The second-order valence-corrected chi connectivity index (χ2v) is 3.19. The Morgan fingerprint density at radius 3 is 2.21 bits per heavy atom. The SMILES string of the molecule is C=C(/C=C(\C=C(C)C)C(=O)Cl)[N+](=O)[O-]. The lowest BCUT2D eigenvalue weighted by molar-refractivity contribution is -0.418. The van der Waals surface area contributed by atoms with Gasteiger partial charge in [0, 0.05) is 11.6 Å². The van der Waals surface area contributed by atoms with Gasteiger partial charge in [-0.3, -0.25) is 14.9 Å². The summed E-state index contributed by atoms with van der Waals surface area (Å²) in [4.78, 5) is 20.4. The summed E-state index contributed by atoms with van der Waals surface area (Å²) in [7, 11) is 0. The molecule has 0 amide bonds. The average molecular weight is 216 g/mol. The molecule has 0 unspecified atom stereocenters. The van der Waals surface area contributed by atoms with Crippen molar-refractivity contribution in [2.75, 3.05) is 0 Å². The number of halogens is 1. The second-order valence-electron chi connectivity index (χ2n) is 2.84. The quantitative estimate of drug-likeness (QED) is 0.238. The Morgan fingerprint density at radius 2 is 1.93 bits per heavy atom. The van der Waals surface area contributed by atoms with E-state index < -0.39 is 10.2 Å². The zero-order valence-electron chi connectivity index (χ0n) is 7.91. The number of nitrogens with zero attached hydrogens (tertiary/aromatic N) is 1. The third-order valence-corrected chi connectivity index (χ3v) is 1.45. The predicted octanol–water partition coefficient (Wildman–Crippen LogP) is 2.43. The van der Waals surface area contributed by atoms with Gasteiger partial charge in [0.05, 0.1) is 4.92 Å². The van der Waals surface area contributed by atoms with Crippen LogP contribution in [0.4, 0.5) is 0 Å². The van der Waals surface area contributed by atoms with E-state index in [1.165, 1.54) is 6.08 Å². The van der Waals surface area contributed by atoms with Crippen molar-refractivity contribution >= 4 is 16.8 Å². The molecule has 0 rings (SSSR count). The van der Waals surface area contributed by atoms with Crippen molar-refractivity contribution in [3.8, 4) is 0 Å². The van der Waals surface area contributed by atoms with Crippen LogP contribution in [0.1, 0.15) is 13.8 Å². The van der Waals surface area contributed by atoms with E-state index >= 15 is 0 Å². The number of hydrogen-bond donors (Lipinski definition) is 0. The summed E-state index contributed by atoms with van der Waals surface area (Å²) in [6.45, 7) is 6.67. The van der Waals surface area contributed by atoms with Crippen LogP contribution in [0.15, 0.2) is 35.6 Å². The lowest BCUT2D eigenvalue weighted by Crippen LogP contribution is -1.98. The minimum Gasteiger partial charge on any atom is -0.276 e. The van der Waals surface area contributed by atoms with Crippen LogP contribution in [0.3, 0.4) is 0 Å². The summed E-state index contributed by atoms with van der Waals surface area (Å²) in [6, 6.07) is 0. The second kappa shape index (κ2) is 5.34. The van der Waals surface area contributed by atoms with Gasteiger partial charge in [0.25, 0.3) is 10.9 Å². The van der Waals surface area contributed by atoms with E-state index in [2.05, 4.69) is 6.58 Å². The topological polar surface area (TPSA) is 60.2 Å². The molecule has 0 aromatic rings. The van der Waals surface area contributed by atoms with Gasteiger partial charge in [-0.05, 0) is 32.0 Å². The van der Waals surface area contributed by atoms with Gasteiger partial charge in [-0.15, -0.1) is 0 Å². The van der Waals surface area contributed by atoms with Crippen LogP contribution in [0.5, 0.6) is 0 Å². The molecule has 0 spiro atoms. The molecule has 0 aliphatic carbocycles. The first kappa shape index (κ1) is 12.6. The maximum absolute atomic E-state index is 10.8. The van der Waals surface area contributed by atoms with Crippen LogP contribution in [-0.2, 0) is 4.79 Å². The standard InChI is InChI=1S/C9H10ClNO3/c1-6(2)4-8(9(10)12)5-7(3)11(13)14/h4-5H,3H2,1-2H3/b8-5+. The molecule has 0 aromatic heterocycles. The zero-order chi connectivity index (χ0) is 11.3. The lowest BCUT2D eigenvalue weighted by atomic mass is 10.2. The molecule has 0 heterocycles. The minimum atomic E-state index is -0.741. The van der Waals surface area contributed by atoms with Crippen LogP contribution in [0.25, 0.3) is 0 Å². The molecule has 14 heavy (non-hydrogen) atoms. The first-order chi connectivity index (χ1) is 6.34. The molecule has 5 heteroatoms. The largest absolute Gasteiger partial charge is 0.276 e. The molecule has 0 aliphatic rings. The van der Waals surface area contributed by atoms with E-state index in [0.29, 0.717) is 0 Å². The molecule has 0 saturated heterocycles. The minimum absolute atomic E-state index is 0.0633. The van der Waals surface area contributed by atoms with Gasteiger partial charge in [-0.2, -0.15) is 0 Å². The van der Waals surface area contributed by atoms with Crippen molar-refractivity contribution in [3.05, 3.63) is 45.7 Å². The highest BCUT2D eigenvalue weighted by atomic mass is 35.5. The summed E-state index contributed by atoms with van der Waals surface area (Å²) < 4.78 is 0. The fraction of sp³-hybridized carbons (Fsp3) is 0.222. The van der Waals surface area contributed by atoms with Gasteiger partial charge in [0.2, 0.25) is 0 Å². The highest BCUT2D eigenvalue weighted by Crippen LogP contribution is 2.09. The molecule has 4 nitrogen and oxygen atoms in total. The zero-order valence-corrected chi connectivity index (χ0v) is 8.67. The Bertz CT molecular complexity index is 338. The Balaban J connectivity index is 5.03. The average Bonchev–Trinajstić information content (AvgIpc) is 2.01. The lowest BCUT2D eigenvalue weighted by Gasteiger charge is -1.95. The van der Waals surface area contributed by atoms with E-state index in [1.807, 2.05) is 0 Å². The number of rotatable bonds is 4. The molecule has 0 aromatic carbocycles. The van der Waals surface area contributed by atoms with E-state index in [9.17, 15) is 14.9 Å². The molecule has 0 radical (unpaired) electrons. The van der Waals surface area contributed by atoms with Crippen molar-refractivity contribution < 1.29 is 9.72 Å². The Hall–Kier alpha value is -1.42. The molecule has 0 N–H and O–H groups in total. The smallest absolute Gasteiger partial charge is 0.263 e. The summed E-state index contributed by atoms with van der Waals surface area (Å²) in [6.07, 6.45) is 2.51. The summed E-state index contributed by atoms with van der Waals surface area (Å²) in [5, 5.41) is 9.49. The first-order valence-electron chi connectivity index (χ1n) is 3.74. The number of allylic oxidation sites excluding steroid dienone is 4. The third-order valence-electron chi connectivity index (χ3n) is 1.23. The van der Waals surface area contributed by atoms with E-state index in [4.69, 9.17) is 11.6 Å². The predicted molar refractivity (Wildman–Crippen MR) is 54.5 cm³/mol. The molecule has 0 saturated carbocycles. The number of carbonyl (C=O) groups excluding carboxylic acids is 1. The maximum atomic E-state index is 10.8. The summed E-state index contributed by atoms with van der Waals surface area (Å²) in [5.41, 5.74) is 0.515. The van der Waals surface area contributed by atoms with Gasteiger partial charge in [0.1, 0.15) is 0 Å². The Labute approximate surface area is 86.7 Å². The van der Waals surface area contributed by atoms with Crippen LogP contribution in [0.2, 0.25) is 0 Å². The van der Waals surface area contributed by atoms with Crippen molar-refractivity contribution in [1.82, 2.24) is 0 Å². The fourth-order valence-electron chi connectivity index (χ4n) is 0.698. The van der Waals surface area contributed by atoms with E-state index in [-0.39, 0.29) is 11.3 Å². The monoisotopic (exact) mass is 215 g/mol. The number of hydrogen-bond acceptors (Lipinski definition) is 3. The van der Waals surface area contributed by atoms with Crippen LogP contribution >= 0.6 is 11.6 Å². The van der Waals surface area contributed by atoms with E-state index in [0.717, 1.165) is 11.6 Å². The summed E-state index contributed by atoms with van der Waals surface area (Å²) in [5.74, 6) is 0. The maximum Gasteiger partial charge on any atom is 0.263 e. The van der Waals surface area contributed by atoms with Gasteiger partial charge < -0.3 is 0 Å². The Kier molecular flexibility index (Phi) is 4.80. The van der Waals surface area contributed by atoms with Crippen molar-refractivity contribution in [3.63, 3.8) is 0 Å². The molecule has 0 bridgehead atoms. The van der Waals surface area contributed by atoms with Crippen LogP contribution in [0, 0.1) is 10.1 Å². The van der Waals surface area contributed by atoms with E-state index in [1.54, 1.807) is 13.8 Å². The molecule has 76 valence electrons. The summed E-state index contributed by atoms with van der Waals surface area (Å²) >= 11 is 5.22. The highest BCUT2D eigenvalue weighted by molar-refractivity contribution is 6.68. The van der Waals surface area contributed by atoms with Gasteiger partial charge >= 0.3 is 0 Å². The number of carbonyl (C=O) groups is 1. The fourth-order valence-corrected chi connectivity index (χ4v) is 0.807. The van der Waals surface area contributed by atoms with Crippen LogP contribution in [-0.4, -0.2) is 10.2 Å². The third kappa shape index (κ3) is 4.57. The van der Waals surface area contributed by atoms with Crippen LogP contribution < -0.4 is 0 Å². The highest BCUT2D eigenvalue weighted by Gasteiger charge is 2.08. The molecule has 0 fully saturated rings. The van der Waals surface area contributed by atoms with Crippen molar-refractivity contribution in [1.29, 1.82) is 0 Å². The Morgan fingerprint density at radius 1 is 1.43 bits per heavy atom. The van der Waals surface area contributed by atoms with Crippen molar-refractivity contribution in [2.24, 2.45) is 0 Å². The normalized spacial score (nSPS) is 10.6. The molecular formula is C9H10ClNO3. The van der Waals surface area contributed by atoms with Gasteiger partial charge in [-0.25, -0.2) is 0 Å².